The molecular weight excluding hydrogens is 565 g/mol. The van der Waals surface area contributed by atoms with Crippen molar-refractivity contribution in [2.75, 3.05) is 84.9 Å². The summed E-state index contributed by atoms with van der Waals surface area (Å²) in [5.41, 5.74) is 0.0136. The maximum atomic E-state index is 14.1. The Labute approximate surface area is 248 Å². The largest absolute Gasteiger partial charge is 0.459 e. The van der Waals surface area contributed by atoms with Gasteiger partial charge in [-0.3, -0.25) is 39.1 Å². The zero-order valence-electron chi connectivity index (χ0n) is 25.3. The minimum atomic E-state index is -3.24. The molecule has 1 aromatic carbocycles. The lowest BCUT2D eigenvalue weighted by atomic mass is 10.2. The number of ether oxygens (including phenoxy) is 1. The van der Waals surface area contributed by atoms with Gasteiger partial charge in [-0.05, 0) is 33.3 Å². The molecule has 236 valence electrons. The van der Waals surface area contributed by atoms with Crippen LogP contribution in [0.25, 0.3) is 0 Å². The SMILES string of the molecule is CCOP(=O)(Cc1ccc([N+](=O)[O-])cc1)CN1CCN(CC=O)CCN(CC=O)CCN(CC(=O)OC(C)(C)C)CC1. The molecule has 1 unspecified atom stereocenters. The molecule has 14 heteroatoms. The van der Waals surface area contributed by atoms with Gasteiger partial charge in [-0.1, -0.05) is 12.1 Å². The average Bonchev–Trinajstić information content (AvgIpc) is 2.89. The van der Waals surface area contributed by atoms with Gasteiger partial charge in [0.15, 0.2) is 0 Å². The fraction of sp³-hybridized carbons (Fsp3) is 0.679. The summed E-state index contributed by atoms with van der Waals surface area (Å²) in [5, 5.41) is 11.0. The topological polar surface area (TPSA) is 143 Å². The first kappa shape index (κ1) is 35.7. The normalized spacial score (nSPS) is 18.8. The van der Waals surface area contributed by atoms with E-state index in [0.29, 0.717) is 57.9 Å². The summed E-state index contributed by atoms with van der Waals surface area (Å²) in [7, 11) is -3.24. The quantitative estimate of drug-likeness (QED) is 0.106. The molecule has 1 fully saturated rings. The van der Waals surface area contributed by atoms with Gasteiger partial charge in [-0.15, -0.1) is 0 Å². The molecular formula is C28H46N5O8P. The molecule has 1 aromatic rings. The van der Waals surface area contributed by atoms with Crippen molar-refractivity contribution in [2.24, 2.45) is 0 Å². The number of carbonyl (C=O) groups excluding carboxylic acids is 3. The van der Waals surface area contributed by atoms with Crippen molar-refractivity contribution in [3.8, 4) is 0 Å². The summed E-state index contributed by atoms with van der Waals surface area (Å²) in [6, 6.07) is 5.97. The molecule has 0 aliphatic carbocycles. The number of nitrogens with zero attached hydrogens (tertiary/aromatic N) is 5. The minimum Gasteiger partial charge on any atom is -0.459 e. The van der Waals surface area contributed by atoms with Gasteiger partial charge in [0.05, 0.1) is 43.6 Å². The summed E-state index contributed by atoms with van der Waals surface area (Å²) in [6.07, 6.45) is 1.97. The number of esters is 1. The monoisotopic (exact) mass is 611 g/mol. The molecule has 2 rings (SSSR count). The highest BCUT2D eigenvalue weighted by Gasteiger charge is 2.29. The maximum absolute atomic E-state index is 14.1. The highest BCUT2D eigenvalue weighted by molar-refractivity contribution is 7.58. The molecule has 0 saturated carbocycles. The van der Waals surface area contributed by atoms with Crippen molar-refractivity contribution in [2.45, 2.75) is 39.5 Å². The van der Waals surface area contributed by atoms with E-state index in [1.54, 1.807) is 19.1 Å². The Hall–Kier alpha value is -2.54. The fourth-order valence-corrected chi connectivity index (χ4v) is 7.09. The van der Waals surface area contributed by atoms with Gasteiger partial charge in [0.2, 0.25) is 7.37 Å². The number of hydrogen-bond acceptors (Lipinski definition) is 12. The van der Waals surface area contributed by atoms with Gasteiger partial charge < -0.3 is 18.8 Å². The number of aldehydes is 2. The summed E-state index contributed by atoms with van der Waals surface area (Å²) in [6.45, 7) is 12.2. The molecule has 1 atom stereocenters. The third kappa shape index (κ3) is 13.6. The number of rotatable bonds is 13. The van der Waals surface area contributed by atoms with Gasteiger partial charge >= 0.3 is 5.97 Å². The molecule has 1 aliphatic heterocycles. The minimum absolute atomic E-state index is 0.0416. The molecule has 0 N–H and O–H groups in total. The Bertz CT molecular complexity index is 1070. The summed E-state index contributed by atoms with van der Waals surface area (Å²) >= 11 is 0. The molecule has 42 heavy (non-hydrogen) atoms. The van der Waals surface area contributed by atoms with Gasteiger partial charge in [-0.25, -0.2) is 0 Å². The van der Waals surface area contributed by atoms with Crippen LogP contribution in [0, 0.1) is 10.1 Å². The first-order valence-electron chi connectivity index (χ1n) is 14.3. The Kier molecular flexibility index (Phi) is 14.9. The van der Waals surface area contributed by atoms with Crippen LogP contribution in [0.5, 0.6) is 0 Å². The number of nitro benzene ring substituents is 1. The Morgan fingerprint density at radius 3 is 1.81 bits per heavy atom. The summed E-state index contributed by atoms with van der Waals surface area (Å²) < 4.78 is 25.5. The summed E-state index contributed by atoms with van der Waals surface area (Å²) in [4.78, 5) is 54.0. The van der Waals surface area contributed by atoms with Crippen LogP contribution in [0.1, 0.15) is 33.3 Å². The smallest absolute Gasteiger partial charge is 0.320 e. The molecule has 13 nitrogen and oxygen atoms in total. The van der Waals surface area contributed by atoms with Crippen LogP contribution in [0.15, 0.2) is 24.3 Å². The van der Waals surface area contributed by atoms with Gasteiger partial charge in [0, 0.05) is 64.5 Å². The van der Waals surface area contributed by atoms with Crippen LogP contribution >= 0.6 is 7.37 Å². The third-order valence-corrected chi connectivity index (χ3v) is 9.13. The van der Waals surface area contributed by atoms with Crippen molar-refractivity contribution in [1.29, 1.82) is 0 Å². The predicted octanol–water partition coefficient (Wildman–Crippen LogP) is 2.33. The lowest BCUT2D eigenvalue weighted by Gasteiger charge is -2.34. The lowest BCUT2D eigenvalue weighted by Crippen LogP contribution is -2.48. The first-order valence-corrected chi connectivity index (χ1v) is 16.3. The number of hydrogen-bond donors (Lipinski definition) is 0. The second kappa shape index (κ2) is 17.5. The average molecular weight is 612 g/mol. The van der Waals surface area contributed by atoms with E-state index < -0.39 is 17.9 Å². The first-order chi connectivity index (χ1) is 19.9. The van der Waals surface area contributed by atoms with Gasteiger partial charge in [-0.2, -0.15) is 0 Å². The second-order valence-corrected chi connectivity index (χ2v) is 13.9. The molecule has 1 heterocycles. The number of carbonyl (C=O) groups is 3. The Balaban J connectivity index is 2.27. The van der Waals surface area contributed by atoms with Crippen molar-refractivity contribution >= 4 is 31.6 Å². The second-order valence-electron chi connectivity index (χ2n) is 11.4. The van der Waals surface area contributed by atoms with Crippen LogP contribution in [0.2, 0.25) is 0 Å². The van der Waals surface area contributed by atoms with E-state index in [1.165, 1.54) is 12.1 Å². The van der Waals surface area contributed by atoms with E-state index in [0.717, 1.165) is 12.6 Å². The maximum Gasteiger partial charge on any atom is 0.320 e. The third-order valence-electron chi connectivity index (χ3n) is 6.72. The van der Waals surface area contributed by atoms with E-state index in [1.807, 2.05) is 40.4 Å². The molecule has 1 aliphatic rings. The molecule has 0 amide bonds. The van der Waals surface area contributed by atoms with Gasteiger partial charge in [0.1, 0.15) is 18.2 Å². The zero-order chi connectivity index (χ0) is 31.2. The molecule has 0 bridgehead atoms. The van der Waals surface area contributed by atoms with Crippen molar-refractivity contribution in [3.05, 3.63) is 39.9 Å². The van der Waals surface area contributed by atoms with Crippen LogP contribution in [-0.2, 0) is 34.4 Å². The van der Waals surface area contributed by atoms with Crippen molar-refractivity contribution in [1.82, 2.24) is 19.6 Å². The lowest BCUT2D eigenvalue weighted by molar-refractivity contribution is -0.384. The number of benzene rings is 1. The summed E-state index contributed by atoms with van der Waals surface area (Å²) in [5.74, 6) is -0.349. The van der Waals surface area contributed by atoms with E-state index in [9.17, 15) is 29.1 Å². The number of non-ortho nitro benzene ring substituents is 1. The van der Waals surface area contributed by atoms with Crippen molar-refractivity contribution in [3.63, 3.8) is 0 Å². The van der Waals surface area contributed by atoms with Crippen LogP contribution in [0.4, 0.5) is 5.69 Å². The Morgan fingerprint density at radius 2 is 1.38 bits per heavy atom. The highest BCUT2D eigenvalue weighted by atomic mass is 31.2. The van der Waals surface area contributed by atoms with E-state index in [-0.39, 0.29) is 50.3 Å². The molecule has 0 aromatic heterocycles. The Morgan fingerprint density at radius 1 is 0.905 bits per heavy atom. The fourth-order valence-electron chi connectivity index (χ4n) is 4.69. The van der Waals surface area contributed by atoms with Crippen LogP contribution in [0.3, 0.4) is 0 Å². The van der Waals surface area contributed by atoms with E-state index in [2.05, 4.69) is 0 Å². The highest BCUT2D eigenvalue weighted by Crippen LogP contribution is 2.50. The standard InChI is InChI=1S/C28H46N5O8P/c1-5-40-42(39,23-25-6-8-26(9-7-25)33(37)38)24-32-16-13-30(19-21-35)11-10-29(18-20-34)12-14-31(15-17-32)22-27(36)41-28(2,3)4/h6-9,20-21H,5,10-19,22-24H2,1-4H3. The molecule has 0 radical (unpaired) electrons. The predicted molar refractivity (Wildman–Crippen MR) is 160 cm³/mol. The van der Waals surface area contributed by atoms with Crippen LogP contribution < -0.4 is 0 Å². The number of nitro groups is 1. The van der Waals surface area contributed by atoms with Crippen molar-refractivity contribution < 1.29 is 33.1 Å². The van der Waals surface area contributed by atoms with E-state index >= 15 is 0 Å². The zero-order valence-corrected chi connectivity index (χ0v) is 26.2. The molecule has 1 saturated heterocycles. The molecule has 0 spiro atoms. The van der Waals surface area contributed by atoms with E-state index in [4.69, 9.17) is 9.26 Å². The van der Waals surface area contributed by atoms with Gasteiger partial charge in [0.25, 0.3) is 5.69 Å². The van der Waals surface area contributed by atoms with Crippen LogP contribution in [-0.4, -0.2) is 134 Å².